The molecule has 0 aromatic heterocycles. The van der Waals surface area contributed by atoms with Crippen LogP contribution in [0.1, 0.15) is 12.5 Å². The average molecular weight is 382 g/mol. The molecule has 0 saturated carbocycles. The van der Waals surface area contributed by atoms with Gasteiger partial charge in [-0.15, -0.1) is 11.8 Å². The quantitative estimate of drug-likeness (QED) is 0.679. The van der Waals surface area contributed by atoms with Crippen molar-refractivity contribution in [3.05, 3.63) is 23.8 Å². The smallest absolute Gasteiger partial charge is 0.329 e. The van der Waals surface area contributed by atoms with E-state index in [1.54, 1.807) is 30.9 Å². The maximum Gasteiger partial charge on any atom is 0.329 e. The number of esters is 1. The number of nitrogens with zero attached hydrogens (tertiary/aromatic N) is 1. The highest BCUT2D eigenvalue weighted by atomic mass is 32.2. The maximum absolute atomic E-state index is 12.4. The van der Waals surface area contributed by atoms with Gasteiger partial charge in [0.1, 0.15) is 6.04 Å². The first-order valence-electron chi connectivity index (χ1n) is 8.39. The molecule has 144 valence electrons. The summed E-state index contributed by atoms with van der Waals surface area (Å²) in [5, 5.41) is 3.23. The number of carbonyl (C=O) groups excluding carboxylic acids is 2. The van der Waals surface area contributed by atoms with E-state index in [-0.39, 0.29) is 24.5 Å². The first kappa shape index (κ1) is 20.4. The van der Waals surface area contributed by atoms with Crippen LogP contribution in [0.5, 0.6) is 11.5 Å². The van der Waals surface area contributed by atoms with E-state index in [0.29, 0.717) is 23.1 Å². The SMILES string of the molecule is COC(=O)C1CSCN1C(=O)CNC(C)Cc1ccc(OC)c(OC)c1. The summed E-state index contributed by atoms with van der Waals surface area (Å²) in [6.45, 7) is 2.20. The van der Waals surface area contributed by atoms with Gasteiger partial charge in [0.2, 0.25) is 5.91 Å². The van der Waals surface area contributed by atoms with E-state index in [1.165, 1.54) is 7.11 Å². The van der Waals surface area contributed by atoms with Crippen LogP contribution in [0.25, 0.3) is 0 Å². The normalized spacial score (nSPS) is 17.7. The third-order valence-electron chi connectivity index (χ3n) is 4.27. The molecule has 1 saturated heterocycles. The zero-order chi connectivity index (χ0) is 19.1. The van der Waals surface area contributed by atoms with Gasteiger partial charge in [-0.25, -0.2) is 4.79 Å². The molecule has 1 aromatic rings. The Morgan fingerprint density at radius 1 is 1.27 bits per heavy atom. The fourth-order valence-electron chi connectivity index (χ4n) is 2.82. The second kappa shape index (κ2) is 9.68. The lowest BCUT2D eigenvalue weighted by atomic mass is 10.1. The van der Waals surface area contributed by atoms with Crippen LogP contribution in [0.15, 0.2) is 18.2 Å². The van der Waals surface area contributed by atoms with E-state index in [0.717, 1.165) is 12.0 Å². The Morgan fingerprint density at radius 2 is 2.00 bits per heavy atom. The summed E-state index contributed by atoms with van der Waals surface area (Å²) in [5.74, 6) is 2.02. The summed E-state index contributed by atoms with van der Waals surface area (Å²) >= 11 is 1.56. The molecule has 1 aliphatic rings. The van der Waals surface area contributed by atoms with E-state index >= 15 is 0 Å². The lowest BCUT2D eigenvalue weighted by Gasteiger charge is -2.23. The molecule has 0 bridgehead atoms. The number of nitrogens with one attached hydrogen (secondary N) is 1. The molecule has 1 aromatic carbocycles. The van der Waals surface area contributed by atoms with E-state index in [4.69, 9.17) is 14.2 Å². The summed E-state index contributed by atoms with van der Waals surface area (Å²) in [5.41, 5.74) is 1.08. The predicted octanol–water partition coefficient (Wildman–Crippen LogP) is 1.30. The minimum atomic E-state index is -0.486. The summed E-state index contributed by atoms with van der Waals surface area (Å²) in [7, 11) is 4.55. The average Bonchev–Trinajstić information content (AvgIpc) is 3.15. The minimum absolute atomic E-state index is 0.0869. The van der Waals surface area contributed by atoms with Crippen LogP contribution in [0.4, 0.5) is 0 Å². The summed E-state index contributed by atoms with van der Waals surface area (Å²) < 4.78 is 15.3. The van der Waals surface area contributed by atoms with Gasteiger partial charge in [-0.2, -0.15) is 0 Å². The summed E-state index contributed by atoms with van der Waals surface area (Å²) in [4.78, 5) is 25.7. The fraction of sp³-hybridized carbons (Fsp3) is 0.556. The number of hydrogen-bond acceptors (Lipinski definition) is 7. The van der Waals surface area contributed by atoms with Crippen molar-refractivity contribution in [2.24, 2.45) is 0 Å². The van der Waals surface area contributed by atoms with Crippen molar-refractivity contribution >= 4 is 23.6 Å². The zero-order valence-corrected chi connectivity index (χ0v) is 16.4. The van der Waals surface area contributed by atoms with Gasteiger partial charge in [0.25, 0.3) is 0 Å². The summed E-state index contributed by atoms with van der Waals surface area (Å²) in [6, 6.07) is 5.38. The van der Waals surface area contributed by atoms with E-state index < -0.39 is 6.04 Å². The van der Waals surface area contributed by atoms with Crippen molar-refractivity contribution < 1.29 is 23.8 Å². The monoisotopic (exact) mass is 382 g/mol. The van der Waals surface area contributed by atoms with Gasteiger partial charge in [0.05, 0.1) is 33.8 Å². The Bertz CT molecular complexity index is 640. The molecule has 0 spiro atoms. The summed E-state index contributed by atoms with van der Waals surface area (Å²) in [6.07, 6.45) is 0.739. The van der Waals surface area contributed by atoms with Crippen LogP contribution in [0, 0.1) is 0 Å². The number of methoxy groups -OCH3 is 3. The molecule has 2 unspecified atom stereocenters. The first-order chi connectivity index (χ1) is 12.5. The Hall–Kier alpha value is -1.93. The molecule has 1 N–H and O–H groups in total. The van der Waals surface area contributed by atoms with Gasteiger partial charge in [-0.1, -0.05) is 6.07 Å². The van der Waals surface area contributed by atoms with Gasteiger partial charge in [-0.3, -0.25) is 4.79 Å². The number of amides is 1. The number of hydrogen-bond donors (Lipinski definition) is 1. The molecule has 2 atom stereocenters. The third kappa shape index (κ3) is 5.04. The van der Waals surface area contributed by atoms with Crippen molar-refractivity contribution in [1.82, 2.24) is 10.2 Å². The van der Waals surface area contributed by atoms with Crippen LogP contribution in [0.2, 0.25) is 0 Å². The molecule has 1 amide bonds. The highest BCUT2D eigenvalue weighted by molar-refractivity contribution is 7.99. The molecular formula is C18H26N2O5S. The van der Waals surface area contributed by atoms with Crippen LogP contribution >= 0.6 is 11.8 Å². The number of carbonyl (C=O) groups is 2. The number of rotatable bonds is 8. The van der Waals surface area contributed by atoms with Gasteiger partial charge >= 0.3 is 5.97 Å². The molecule has 1 fully saturated rings. The second-order valence-corrected chi connectivity index (χ2v) is 7.08. The number of ether oxygens (including phenoxy) is 3. The van der Waals surface area contributed by atoms with E-state index in [2.05, 4.69) is 5.32 Å². The molecule has 8 heteroatoms. The third-order valence-corrected chi connectivity index (χ3v) is 5.28. The number of thioether (sulfide) groups is 1. The molecule has 26 heavy (non-hydrogen) atoms. The lowest BCUT2D eigenvalue weighted by Crippen LogP contribution is -2.47. The van der Waals surface area contributed by atoms with Crippen molar-refractivity contribution in [3.8, 4) is 11.5 Å². The topological polar surface area (TPSA) is 77.1 Å². The fourth-order valence-corrected chi connectivity index (χ4v) is 3.98. The van der Waals surface area contributed by atoms with E-state index in [9.17, 15) is 9.59 Å². The highest BCUT2D eigenvalue weighted by Crippen LogP contribution is 2.28. The van der Waals surface area contributed by atoms with Crippen LogP contribution in [-0.4, -0.2) is 68.4 Å². The van der Waals surface area contributed by atoms with Crippen molar-refractivity contribution in [2.45, 2.75) is 25.4 Å². The number of benzene rings is 1. The Kier molecular flexibility index (Phi) is 7.59. The zero-order valence-electron chi connectivity index (χ0n) is 15.6. The van der Waals surface area contributed by atoms with Crippen LogP contribution < -0.4 is 14.8 Å². The molecule has 2 rings (SSSR count). The molecular weight excluding hydrogens is 356 g/mol. The Morgan fingerprint density at radius 3 is 2.65 bits per heavy atom. The Balaban J connectivity index is 1.87. The van der Waals surface area contributed by atoms with Crippen LogP contribution in [0.3, 0.4) is 0 Å². The molecule has 0 aliphatic carbocycles. The van der Waals surface area contributed by atoms with Gasteiger partial charge in [0, 0.05) is 11.8 Å². The van der Waals surface area contributed by atoms with E-state index in [1.807, 2.05) is 25.1 Å². The van der Waals surface area contributed by atoms with Crippen molar-refractivity contribution in [2.75, 3.05) is 39.5 Å². The standard InChI is InChI=1S/C18H26N2O5S/c1-12(7-13-5-6-15(23-2)16(8-13)24-3)19-9-17(21)20-11-26-10-14(20)18(22)25-4/h5-6,8,12,14,19H,7,9-11H2,1-4H3. The minimum Gasteiger partial charge on any atom is -0.493 e. The first-order valence-corrected chi connectivity index (χ1v) is 9.55. The molecule has 0 radical (unpaired) electrons. The van der Waals surface area contributed by atoms with Crippen molar-refractivity contribution in [3.63, 3.8) is 0 Å². The molecule has 1 aliphatic heterocycles. The largest absolute Gasteiger partial charge is 0.493 e. The van der Waals surface area contributed by atoms with Crippen molar-refractivity contribution in [1.29, 1.82) is 0 Å². The highest BCUT2D eigenvalue weighted by Gasteiger charge is 2.35. The Labute approximate surface area is 158 Å². The lowest BCUT2D eigenvalue weighted by molar-refractivity contribution is -0.150. The molecule has 7 nitrogen and oxygen atoms in total. The van der Waals surface area contributed by atoms with Gasteiger partial charge in [-0.05, 0) is 31.0 Å². The second-order valence-electron chi connectivity index (χ2n) is 6.08. The van der Waals surface area contributed by atoms with Gasteiger partial charge in [0.15, 0.2) is 11.5 Å². The van der Waals surface area contributed by atoms with Crippen LogP contribution in [-0.2, 0) is 20.7 Å². The van der Waals surface area contributed by atoms with Gasteiger partial charge < -0.3 is 24.4 Å². The molecule has 1 heterocycles. The predicted molar refractivity (Wildman–Crippen MR) is 101 cm³/mol. The maximum atomic E-state index is 12.4.